The molecule has 1 atom stereocenters. The van der Waals surface area contributed by atoms with Gasteiger partial charge in [0, 0.05) is 5.69 Å². The van der Waals surface area contributed by atoms with Crippen LogP contribution >= 0.6 is 11.6 Å². The fourth-order valence-corrected chi connectivity index (χ4v) is 2.31. The Morgan fingerprint density at radius 3 is 2.50 bits per heavy atom. The Morgan fingerprint density at radius 2 is 1.88 bits per heavy atom. The minimum atomic E-state index is -0.701. The van der Waals surface area contributed by atoms with E-state index >= 15 is 0 Å². The van der Waals surface area contributed by atoms with Gasteiger partial charge >= 0.3 is 0 Å². The van der Waals surface area contributed by atoms with E-state index < -0.39 is 6.10 Å². The SMILES string of the molecule is CCOc1ccccc1OC(C)C(=O)Nc1ccc(OC)c(Cl)c1. The number of nitrogens with one attached hydrogen (secondary N) is 1. The van der Waals surface area contributed by atoms with Gasteiger partial charge in [-0.05, 0) is 44.2 Å². The standard InChI is InChI=1S/C18H20ClNO4/c1-4-23-16-7-5-6-8-17(16)24-12(2)18(21)20-13-9-10-15(22-3)14(19)11-13/h5-12H,4H2,1-3H3,(H,20,21). The number of para-hydroxylation sites is 2. The van der Waals surface area contributed by atoms with E-state index in [-0.39, 0.29) is 5.91 Å². The molecule has 128 valence electrons. The first kappa shape index (κ1) is 17.9. The van der Waals surface area contributed by atoms with Crippen LogP contribution in [-0.2, 0) is 4.79 Å². The zero-order valence-electron chi connectivity index (χ0n) is 13.8. The summed E-state index contributed by atoms with van der Waals surface area (Å²) in [5, 5.41) is 3.18. The number of carbonyl (C=O) groups excluding carboxylic acids is 1. The van der Waals surface area contributed by atoms with E-state index in [0.29, 0.717) is 34.6 Å². The lowest BCUT2D eigenvalue weighted by Crippen LogP contribution is -2.30. The highest BCUT2D eigenvalue weighted by molar-refractivity contribution is 6.32. The fraction of sp³-hybridized carbons (Fsp3) is 0.278. The minimum absolute atomic E-state index is 0.289. The first-order valence-corrected chi connectivity index (χ1v) is 7.95. The third-order valence-electron chi connectivity index (χ3n) is 3.24. The Hall–Kier alpha value is -2.40. The van der Waals surface area contributed by atoms with Gasteiger partial charge in [-0.15, -0.1) is 0 Å². The van der Waals surface area contributed by atoms with Crippen molar-refractivity contribution in [3.8, 4) is 17.2 Å². The maximum Gasteiger partial charge on any atom is 0.265 e. The molecule has 0 spiro atoms. The molecule has 1 unspecified atom stereocenters. The minimum Gasteiger partial charge on any atom is -0.495 e. The lowest BCUT2D eigenvalue weighted by Gasteiger charge is -2.17. The van der Waals surface area contributed by atoms with Crippen LogP contribution in [0.2, 0.25) is 5.02 Å². The first-order valence-electron chi connectivity index (χ1n) is 7.58. The summed E-state index contributed by atoms with van der Waals surface area (Å²) in [4.78, 5) is 12.3. The lowest BCUT2D eigenvalue weighted by atomic mass is 10.2. The molecule has 24 heavy (non-hydrogen) atoms. The molecule has 0 saturated carbocycles. The number of rotatable bonds is 7. The highest BCUT2D eigenvalue weighted by Gasteiger charge is 2.17. The Labute approximate surface area is 146 Å². The molecule has 2 aromatic carbocycles. The molecule has 0 heterocycles. The van der Waals surface area contributed by atoms with Gasteiger partial charge in [-0.25, -0.2) is 0 Å². The predicted octanol–water partition coefficient (Wildman–Crippen LogP) is 4.15. The van der Waals surface area contributed by atoms with Gasteiger partial charge in [0.25, 0.3) is 5.91 Å². The van der Waals surface area contributed by atoms with E-state index in [1.807, 2.05) is 19.1 Å². The number of halogens is 1. The van der Waals surface area contributed by atoms with Crippen LogP contribution in [0.4, 0.5) is 5.69 Å². The average Bonchev–Trinajstić information content (AvgIpc) is 2.57. The number of methoxy groups -OCH3 is 1. The maximum atomic E-state index is 12.3. The van der Waals surface area contributed by atoms with E-state index in [9.17, 15) is 4.79 Å². The van der Waals surface area contributed by atoms with Crippen molar-refractivity contribution in [2.24, 2.45) is 0 Å². The van der Waals surface area contributed by atoms with Gasteiger partial charge in [-0.2, -0.15) is 0 Å². The van der Waals surface area contributed by atoms with Crippen molar-refractivity contribution in [1.29, 1.82) is 0 Å². The lowest BCUT2D eigenvalue weighted by molar-refractivity contribution is -0.122. The molecule has 5 nitrogen and oxygen atoms in total. The topological polar surface area (TPSA) is 56.8 Å². The third kappa shape index (κ3) is 4.55. The van der Waals surface area contributed by atoms with Crippen LogP contribution in [0.25, 0.3) is 0 Å². The summed E-state index contributed by atoms with van der Waals surface area (Å²) in [7, 11) is 1.53. The van der Waals surface area contributed by atoms with Crippen molar-refractivity contribution in [3.63, 3.8) is 0 Å². The molecule has 0 fully saturated rings. The van der Waals surface area contributed by atoms with E-state index in [4.69, 9.17) is 25.8 Å². The van der Waals surface area contributed by atoms with Crippen molar-refractivity contribution in [1.82, 2.24) is 0 Å². The average molecular weight is 350 g/mol. The largest absolute Gasteiger partial charge is 0.495 e. The Kier molecular flexibility index (Phi) is 6.32. The van der Waals surface area contributed by atoms with Crippen LogP contribution in [0.5, 0.6) is 17.2 Å². The number of hydrogen-bond acceptors (Lipinski definition) is 4. The smallest absolute Gasteiger partial charge is 0.265 e. The highest BCUT2D eigenvalue weighted by Crippen LogP contribution is 2.29. The van der Waals surface area contributed by atoms with Gasteiger partial charge in [0.2, 0.25) is 0 Å². The predicted molar refractivity (Wildman–Crippen MR) is 94.3 cm³/mol. The number of hydrogen-bond donors (Lipinski definition) is 1. The molecule has 1 amide bonds. The van der Waals surface area contributed by atoms with Gasteiger partial charge in [-0.3, -0.25) is 4.79 Å². The van der Waals surface area contributed by atoms with Gasteiger partial charge in [0.15, 0.2) is 17.6 Å². The molecule has 2 rings (SSSR count). The molecule has 2 aromatic rings. The second-order valence-corrected chi connectivity index (χ2v) is 5.39. The molecule has 0 aromatic heterocycles. The molecule has 0 bridgehead atoms. The first-order chi connectivity index (χ1) is 11.5. The van der Waals surface area contributed by atoms with Crippen LogP contribution < -0.4 is 19.5 Å². The van der Waals surface area contributed by atoms with Gasteiger partial charge in [0.1, 0.15) is 5.75 Å². The van der Waals surface area contributed by atoms with Crippen LogP contribution in [0.3, 0.4) is 0 Å². The summed E-state index contributed by atoms with van der Waals surface area (Å²) in [6.45, 7) is 4.08. The summed E-state index contributed by atoms with van der Waals surface area (Å²) in [5.41, 5.74) is 0.569. The second-order valence-electron chi connectivity index (χ2n) is 4.98. The maximum absolute atomic E-state index is 12.3. The van der Waals surface area contributed by atoms with E-state index in [0.717, 1.165) is 0 Å². The molecule has 1 N–H and O–H groups in total. The quantitative estimate of drug-likeness (QED) is 0.815. The van der Waals surface area contributed by atoms with E-state index in [1.54, 1.807) is 37.3 Å². The number of amides is 1. The van der Waals surface area contributed by atoms with Crippen molar-refractivity contribution < 1.29 is 19.0 Å². The Morgan fingerprint density at radius 1 is 1.17 bits per heavy atom. The fourth-order valence-electron chi connectivity index (χ4n) is 2.05. The summed E-state index contributed by atoms with van der Waals surface area (Å²) in [6, 6.07) is 12.3. The number of ether oxygens (including phenoxy) is 3. The summed E-state index contributed by atoms with van der Waals surface area (Å²) >= 11 is 6.05. The normalized spacial score (nSPS) is 11.5. The van der Waals surface area contributed by atoms with Crippen molar-refractivity contribution >= 4 is 23.2 Å². The summed E-state index contributed by atoms with van der Waals surface area (Å²) < 4.78 is 16.3. The van der Waals surface area contributed by atoms with Gasteiger partial charge < -0.3 is 19.5 Å². The summed E-state index contributed by atoms with van der Waals surface area (Å²) in [6.07, 6.45) is -0.701. The van der Waals surface area contributed by atoms with Crippen LogP contribution in [0, 0.1) is 0 Å². The van der Waals surface area contributed by atoms with Crippen LogP contribution in [0.1, 0.15) is 13.8 Å². The third-order valence-corrected chi connectivity index (χ3v) is 3.54. The molecule has 0 saturated heterocycles. The zero-order valence-corrected chi connectivity index (χ0v) is 14.6. The van der Waals surface area contributed by atoms with Crippen LogP contribution in [-0.4, -0.2) is 25.7 Å². The molecular formula is C18H20ClNO4. The highest BCUT2D eigenvalue weighted by atomic mass is 35.5. The molecule has 0 aliphatic heterocycles. The Balaban J connectivity index is 2.03. The molecule has 0 radical (unpaired) electrons. The van der Waals surface area contributed by atoms with Gasteiger partial charge in [-0.1, -0.05) is 23.7 Å². The van der Waals surface area contributed by atoms with Crippen molar-refractivity contribution in [3.05, 3.63) is 47.5 Å². The van der Waals surface area contributed by atoms with E-state index in [1.165, 1.54) is 7.11 Å². The molecule has 6 heteroatoms. The molecule has 0 aliphatic carbocycles. The second kappa shape index (κ2) is 8.45. The number of anilines is 1. The summed E-state index contributed by atoms with van der Waals surface area (Å²) in [5.74, 6) is 1.38. The van der Waals surface area contributed by atoms with Gasteiger partial charge in [0.05, 0.1) is 18.7 Å². The Bertz CT molecular complexity index is 705. The van der Waals surface area contributed by atoms with Crippen molar-refractivity contribution in [2.75, 3.05) is 19.0 Å². The van der Waals surface area contributed by atoms with E-state index in [2.05, 4.69) is 5.32 Å². The number of benzene rings is 2. The molecular weight excluding hydrogens is 330 g/mol. The number of carbonyl (C=O) groups is 1. The van der Waals surface area contributed by atoms with Crippen molar-refractivity contribution in [2.45, 2.75) is 20.0 Å². The zero-order chi connectivity index (χ0) is 17.5. The molecule has 0 aliphatic rings. The van der Waals surface area contributed by atoms with Crippen LogP contribution in [0.15, 0.2) is 42.5 Å². The monoisotopic (exact) mass is 349 g/mol.